The summed E-state index contributed by atoms with van der Waals surface area (Å²) in [6, 6.07) is 0. The predicted molar refractivity (Wildman–Crippen MR) is 192 cm³/mol. The second-order valence-corrected chi connectivity index (χ2v) is 12.0. The maximum absolute atomic E-state index is 11.9. The third kappa shape index (κ3) is 28.2. The molecule has 17 heteroatoms. The lowest BCUT2D eigenvalue weighted by Crippen LogP contribution is -2.38. The zero-order valence-electron chi connectivity index (χ0n) is 29.9. The van der Waals surface area contributed by atoms with Gasteiger partial charge in [-0.25, -0.2) is 0 Å². The fraction of sp³-hybridized carbons (Fsp3) is 0.765. The highest BCUT2D eigenvalue weighted by atomic mass is 32.1. The molecule has 6 amide bonds. The van der Waals surface area contributed by atoms with Crippen molar-refractivity contribution in [1.29, 1.82) is 0 Å². The maximum atomic E-state index is 11.9. The zero-order chi connectivity index (χ0) is 37.2. The van der Waals surface area contributed by atoms with Crippen LogP contribution >= 0.6 is 12.6 Å². The zero-order valence-corrected chi connectivity index (χ0v) is 30.8. The second-order valence-electron chi connectivity index (χ2n) is 11.6. The molecule has 0 saturated carbocycles. The SMILES string of the molecule is O=C(CCCCCCCCCCS)NCCOCCOCCNC(=O)COCCOCCOCC(=O)NCCNC(=O)CCN1C(=O)C=CC1=O. The molecule has 0 saturated heterocycles. The van der Waals surface area contributed by atoms with Crippen molar-refractivity contribution in [3.63, 3.8) is 0 Å². The van der Waals surface area contributed by atoms with Gasteiger partial charge in [-0.3, -0.25) is 33.7 Å². The summed E-state index contributed by atoms with van der Waals surface area (Å²) in [6.07, 6.45) is 12.3. The summed E-state index contributed by atoms with van der Waals surface area (Å²) in [5, 5.41) is 10.8. The van der Waals surface area contributed by atoms with Crippen LogP contribution in [0.15, 0.2) is 12.2 Å². The quantitative estimate of drug-likeness (QED) is 0.0340. The van der Waals surface area contributed by atoms with Gasteiger partial charge in [0.2, 0.25) is 23.6 Å². The highest BCUT2D eigenvalue weighted by Gasteiger charge is 2.23. The minimum atomic E-state index is -0.440. The van der Waals surface area contributed by atoms with E-state index in [4.69, 9.17) is 23.7 Å². The lowest BCUT2D eigenvalue weighted by Gasteiger charge is -2.13. The molecule has 0 unspecified atom stereocenters. The molecule has 1 heterocycles. The topological polar surface area (TPSA) is 200 Å². The van der Waals surface area contributed by atoms with Crippen LogP contribution in [0.4, 0.5) is 0 Å². The summed E-state index contributed by atoms with van der Waals surface area (Å²) in [4.78, 5) is 71.2. The third-order valence-corrected chi connectivity index (χ3v) is 7.58. The maximum Gasteiger partial charge on any atom is 0.253 e. The lowest BCUT2D eigenvalue weighted by atomic mass is 10.1. The number of ether oxygens (including phenoxy) is 5. The van der Waals surface area contributed by atoms with E-state index in [1.54, 1.807) is 0 Å². The van der Waals surface area contributed by atoms with E-state index in [1.807, 2.05) is 0 Å². The number of nitrogens with zero attached hydrogens (tertiary/aromatic N) is 1. The number of imide groups is 1. The van der Waals surface area contributed by atoms with Crippen molar-refractivity contribution in [3.8, 4) is 0 Å². The molecule has 1 rings (SSSR count). The highest BCUT2D eigenvalue weighted by molar-refractivity contribution is 7.80. The Morgan fingerprint density at radius 1 is 0.490 bits per heavy atom. The first-order chi connectivity index (χ1) is 24.8. The van der Waals surface area contributed by atoms with Gasteiger partial charge in [-0.15, -0.1) is 0 Å². The van der Waals surface area contributed by atoms with Gasteiger partial charge in [-0.1, -0.05) is 38.5 Å². The van der Waals surface area contributed by atoms with Crippen LogP contribution in [0.5, 0.6) is 0 Å². The van der Waals surface area contributed by atoms with Crippen molar-refractivity contribution in [2.45, 2.75) is 64.2 Å². The highest BCUT2D eigenvalue weighted by Crippen LogP contribution is 2.10. The predicted octanol–water partition coefficient (Wildman–Crippen LogP) is 0.290. The summed E-state index contributed by atoms with van der Waals surface area (Å²) in [7, 11) is 0. The van der Waals surface area contributed by atoms with Crippen LogP contribution in [0, 0.1) is 0 Å². The number of amides is 6. The Bertz CT molecular complexity index is 1020. The van der Waals surface area contributed by atoms with Crippen molar-refractivity contribution in [2.75, 3.05) is 105 Å². The largest absolute Gasteiger partial charge is 0.377 e. The van der Waals surface area contributed by atoms with Crippen LogP contribution < -0.4 is 21.3 Å². The molecular formula is C34H59N5O11S. The molecule has 16 nitrogen and oxygen atoms in total. The minimum absolute atomic E-state index is 0.00188. The Kier molecular flexibility index (Phi) is 29.5. The van der Waals surface area contributed by atoms with Crippen molar-refractivity contribution in [3.05, 3.63) is 12.2 Å². The molecule has 1 aliphatic rings. The van der Waals surface area contributed by atoms with Gasteiger partial charge >= 0.3 is 0 Å². The summed E-state index contributed by atoms with van der Waals surface area (Å²) in [5.41, 5.74) is 0. The van der Waals surface area contributed by atoms with E-state index >= 15 is 0 Å². The van der Waals surface area contributed by atoms with Gasteiger partial charge in [0.05, 0.1) is 52.9 Å². The molecular weight excluding hydrogens is 686 g/mol. The Hall–Kier alpha value is -3.09. The normalized spacial score (nSPS) is 12.4. The second kappa shape index (κ2) is 32.8. The van der Waals surface area contributed by atoms with Crippen LogP contribution in [-0.2, 0) is 52.5 Å². The van der Waals surface area contributed by atoms with Crippen molar-refractivity contribution in [1.82, 2.24) is 26.2 Å². The van der Waals surface area contributed by atoms with Gasteiger partial charge in [-0.05, 0) is 18.6 Å². The molecule has 0 aromatic carbocycles. The first kappa shape index (κ1) is 45.9. The van der Waals surface area contributed by atoms with E-state index in [0.29, 0.717) is 45.9 Å². The van der Waals surface area contributed by atoms with E-state index in [9.17, 15) is 28.8 Å². The fourth-order valence-corrected chi connectivity index (χ4v) is 4.74. The Morgan fingerprint density at radius 2 is 0.882 bits per heavy atom. The van der Waals surface area contributed by atoms with Crippen LogP contribution in [0.25, 0.3) is 0 Å². The van der Waals surface area contributed by atoms with E-state index in [2.05, 4.69) is 33.9 Å². The molecule has 0 aliphatic carbocycles. The molecule has 0 radical (unpaired) electrons. The van der Waals surface area contributed by atoms with Crippen LogP contribution in [0.3, 0.4) is 0 Å². The van der Waals surface area contributed by atoms with Gasteiger partial charge in [0.15, 0.2) is 0 Å². The van der Waals surface area contributed by atoms with Gasteiger partial charge in [0.1, 0.15) is 13.2 Å². The number of rotatable bonds is 35. The average Bonchev–Trinajstić information content (AvgIpc) is 3.44. The van der Waals surface area contributed by atoms with Crippen molar-refractivity contribution >= 4 is 48.1 Å². The van der Waals surface area contributed by atoms with E-state index in [-0.39, 0.29) is 89.3 Å². The molecule has 1 aliphatic heterocycles. The molecule has 51 heavy (non-hydrogen) atoms. The van der Waals surface area contributed by atoms with Crippen LogP contribution in [-0.4, -0.2) is 145 Å². The lowest BCUT2D eigenvalue weighted by molar-refractivity contribution is -0.137. The molecule has 0 aromatic heterocycles. The number of carbonyl (C=O) groups is 6. The van der Waals surface area contributed by atoms with Crippen LogP contribution in [0.2, 0.25) is 0 Å². The molecule has 292 valence electrons. The van der Waals surface area contributed by atoms with Crippen LogP contribution in [0.1, 0.15) is 64.2 Å². The van der Waals surface area contributed by atoms with Gasteiger partial charge in [-0.2, -0.15) is 12.6 Å². The molecule has 0 atom stereocenters. The fourth-order valence-electron chi connectivity index (χ4n) is 4.52. The standard InChI is InChI=1S/C34H59N5O11S/c40-29(9-7-5-3-1-2-4-6-8-26-51)37-15-18-46-20-21-47-19-16-38-32(43)28-50-25-23-48-22-24-49-27-31(42)36-14-13-35-30(41)12-17-39-33(44)10-11-34(39)45/h10-11,51H,1-9,12-28H2,(H,35,41)(H,36,42)(H,37,40)(H,38,43). The monoisotopic (exact) mass is 745 g/mol. The molecule has 0 aromatic rings. The van der Waals surface area contributed by atoms with Gasteiger partial charge in [0, 0.05) is 57.7 Å². The first-order valence-electron chi connectivity index (χ1n) is 17.9. The smallest absolute Gasteiger partial charge is 0.253 e. The van der Waals surface area contributed by atoms with E-state index in [1.165, 1.54) is 38.5 Å². The molecule has 0 bridgehead atoms. The Labute approximate surface area is 307 Å². The number of hydrogen-bond acceptors (Lipinski definition) is 12. The summed E-state index contributed by atoms with van der Waals surface area (Å²) in [6.45, 7) is 3.36. The number of carbonyl (C=O) groups excluding carboxylic acids is 6. The number of thiol groups is 1. The van der Waals surface area contributed by atoms with Gasteiger partial charge in [0.25, 0.3) is 11.8 Å². The summed E-state index contributed by atoms with van der Waals surface area (Å²) in [5.74, 6) is -0.818. The average molecular weight is 746 g/mol. The number of nitrogens with one attached hydrogen (secondary N) is 4. The molecule has 4 N–H and O–H groups in total. The summed E-state index contributed by atoms with van der Waals surface area (Å²) < 4.78 is 26.7. The van der Waals surface area contributed by atoms with E-state index < -0.39 is 11.8 Å². The Balaban J connectivity index is 1.77. The van der Waals surface area contributed by atoms with E-state index in [0.717, 1.165) is 35.6 Å². The van der Waals surface area contributed by atoms with Gasteiger partial charge < -0.3 is 45.0 Å². The third-order valence-electron chi connectivity index (χ3n) is 7.26. The number of unbranched alkanes of at least 4 members (excludes halogenated alkanes) is 7. The first-order valence-corrected chi connectivity index (χ1v) is 18.6. The Morgan fingerprint density at radius 3 is 1.41 bits per heavy atom. The summed E-state index contributed by atoms with van der Waals surface area (Å²) >= 11 is 4.22. The van der Waals surface area contributed by atoms with Crippen molar-refractivity contribution < 1.29 is 52.5 Å². The number of hydrogen-bond donors (Lipinski definition) is 5. The minimum Gasteiger partial charge on any atom is -0.377 e. The van der Waals surface area contributed by atoms with Crippen molar-refractivity contribution in [2.24, 2.45) is 0 Å². The molecule has 0 spiro atoms. The molecule has 0 fully saturated rings.